The van der Waals surface area contributed by atoms with E-state index < -0.39 is 17.2 Å². The number of carboxylic acid groups (broad SMARTS) is 1. The number of pyridine rings is 1. The first-order chi connectivity index (χ1) is 12.9. The van der Waals surface area contributed by atoms with Gasteiger partial charge in [0.1, 0.15) is 11.3 Å². The third-order valence-electron chi connectivity index (χ3n) is 5.36. The van der Waals surface area contributed by atoms with Crippen molar-refractivity contribution < 1.29 is 19.0 Å². The van der Waals surface area contributed by atoms with Gasteiger partial charge in [-0.2, -0.15) is 0 Å². The molecular weight excluding hydrogens is 353 g/mol. The van der Waals surface area contributed by atoms with Crippen molar-refractivity contribution >= 4 is 22.6 Å². The number of ether oxygens (including phenoxy) is 1. The molecule has 8 heteroatoms. The number of nitrogens with zero attached hydrogens (tertiary/aromatic N) is 2. The van der Waals surface area contributed by atoms with Crippen LogP contribution in [-0.4, -0.2) is 48.4 Å². The standard InChI is InChI=1S/C19H22FN3O4/c1-10-8-21-5-6-22(10)16-14(20)7-12-15(18(16)27-2)23(11-3-4-11)9-13(17(12)24)19(25)26/h7,9-11,21H,3-6,8H2,1-2H3,(H,25,26)/t10-/m1/s1. The van der Waals surface area contributed by atoms with Gasteiger partial charge in [-0.25, -0.2) is 9.18 Å². The Morgan fingerprint density at radius 3 is 2.74 bits per heavy atom. The van der Waals surface area contributed by atoms with Crippen LogP contribution in [0.3, 0.4) is 0 Å². The van der Waals surface area contributed by atoms with Crippen molar-refractivity contribution in [2.45, 2.75) is 31.8 Å². The summed E-state index contributed by atoms with van der Waals surface area (Å²) in [6.07, 6.45) is 3.14. The Hall–Kier alpha value is -2.61. The molecule has 2 aliphatic rings. The summed E-state index contributed by atoms with van der Waals surface area (Å²) in [6, 6.07) is 1.31. The largest absolute Gasteiger partial charge is 0.492 e. The molecule has 0 amide bonds. The number of nitrogens with one attached hydrogen (secondary N) is 1. The normalized spacial score (nSPS) is 20.1. The van der Waals surface area contributed by atoms with E-state index in [2.05, 4.69) is 5.32 Å². The van der Waals surface area contributed by atoms with Gasteiger partial charge in [-0.15, -0.1) is 0 Å². The fourth-order valence-electron chi connectivity index (χ4n) is 3.87. The van der Waals surface area contributed by atoms with E-state index in [1.165, 1.54) is 13.3 Å². The fourth-order valence-corrected chi connectivity index (χ4v) is 3.87. The third kappa shape index (κ3) is 2.84. The molecule has 0 spiro atoms. The lowest BCUT2D eigenvalue weighted by molar-refractivity contribution is 0.0695. The Balaban J connectivity index is 2.06. The molecule has 144 valence electrons. The van der Waals surface area contributed by atoms with E-state index in [4.69, 9.17) is 4.74 Å². The van der Waals surface area contributed by atoms with E-state index >= 15 is 4.39 Å². The molecule has 7 nitrogen and oxygen atoms in total. The number of anilines is 1. The molecule has 4 rings (SSSR count). The van der Waals surface area contributed by atoms with E-state index in [0.29, 0.717) is 30.0 Å². The highest BCUT2D eigenvalue weighted by molar-refractivity contribution is 5.97. The first kappa shape index (κ1) is 17.8. The third-order valence-corrected chi connectivity index (χ3v) is 5.36. The van der Waals surface area contributed by atoms with Crippen molar-refractivity contribution in [2.24, 2.45) is 0 Å². The number of methoxy groups -OCH3 is 1. The minimum absolute atomic E-state index is 0.0442. The number of carboxylic acids is 1. The van der Waals surface area contributed by atoms with Crippen LogP contribution in [0.25, 0.3) is 10.9 Å². The van der Waals surface area contributed by atoms with Crippen LogP contribution in [0.1, 0.15) is 36.2 Å². The lowest BCUT2D eigenvalue weighted by atomic mass is 10.1. The van der Waals surface area contributed by atoms with Gasteiger partial charge in [0.2, 0.25) is 5.43 Å². The molecule has 1 saturated carbocycles. The SMILES string of the molecule is COc1c(N2CCNC[C@H]2C)c(F)cc2c(=O)c(C(=O)O)cn(C3CC3)c12. The van der Waals surface area contributed by atoms with E-state index in [0.717, 1.165) is 25.5 Å². The number of piperazine rings is 1. The summed E-state index contributed by atoms with van der Waals surface area (Å²) < 4.78 is 22.5. The molecule has 1 saturated heterocycles. The summed E-state index contributed by atoms with van der Waals surface area (Å²) in [5.41, 5.74) is -0.237. The van der Waals surface area contributed by atoms with E-state index in [9.17, 15) is 14.7 Å². The van der Waals surface area contributed by atoms with Gasteiger partial charge in [0, 0.05) is 37.9 Å². The molecule has 2 fully saturated rings. The highest BCUT2D eigenvalue weighted by atomic mass is 19.1. The second-order valence-corrected chi connectivity index (χ2v) is 7.20. The number of halogens is 1. The number of hydrogen-bond donors (Lipinski definition) is 2. The minimum Gasteiger partial charge on any atom is -0.492 e. The van der Waals surface area contributed by atoms with Crippen LogP contribution in [-0.2, 0) is 0 Å². The van der Waals surface area contributed by atoms with Crippen molar-refractivity contribution in [1.29, 1.82) is 0 Å². The molecule has 2 aromatic rings. The number of hydrogen-bond acceptors (Lipinski definition) is 5. The van der Waals surface area contributed by atoms with E-state index in [1.54, 1.807) is 4.57 Å². The molecule has 1 atom stereocenters. The molecule has 0 unspecified atom stereocenters. The summed E-state index contributed by atoms with van der Waals surface area (Å²) in [6.45, 7) is 4.05. The Labute approximate surface area is 155 Å². The maximum atomic E-state index is 15.1. The van der Waals surface area contributed by atoms with Gasteiger partial charge in [-0.1, -0.05) is 0 Å². The Kier molecular flexibility index (Phi) is 4.30. The van der Waals surface area contributed by atoms with Crippen molar-refractivity contribution in [3.63, 3.8) is 0 Å². The second-order valence-electron chi connectivity index (χ2n) is 7.20. The molecule has 1 aromatic carbocycles. The van der Waals surface area contributed by atoms with Crippen LogP contribution < -0.4 is 20.4 Å². The topological polar surface area (TPSA) is 83.8 Å². The molecule has 2 heterocycles. The van der Waals surface area contributed by atoms with Crippen LogP contribution >= 0.6 is 0 Å². The van der Waals surface area contributed by atoms with Crippen LogP contribution in [0.4, 0.5) is 10.1 Å². The highest BCUT2D eigenvalue weighted by Gasteiger charge is 2.32. The van der Waals surface area contributed by atoms with Gasteiger partial charge in [0.05, 0.1) is 18.0 Å². The summed E-state index contributed by atoms with van der Waals surface area (Å²) in [5, 5.41) is 12.7. The molecular formula is C19H22FN3O4. The van der Waals surface area contributed by atoms with Crippen LogP contribution in [0.2, 0.25) is 0 Å². The second kappa shape index (κ2) is 6.53. The summed E-state index contributed by atoms with van der Waals surface area (Å²) in [7, 11) is 1.46. The Bertz CT molecular complexity index is 983. The molecule has 0 radical (unpaired) electrons. The predicted molar refractivity (Wildman–Crippen MR) is 99.6 cm³/mol. The summed E-state index contributed by atoms with van der Waals surface area (Å²) in [5.74, 6) is -1.59. The average molecular weight is 375 g/mol. The van der Waals surface area contributed by atoms with Crippen molar-refractivity contribution in [2.75, 3.05) is 31.6 Å². The maximum absolute atomic E-state index is 15.1. The predicted octanol–water partition coefficient (Wildman–Crippen LogP) is 1.98. The molecule has 2 N–H and O–H groups in total. The highest BCUT2D eigenvalue weighted by Crippen LogP contribution is 2.44. The van der Waals surface area contributed by atoms with E-state index in [-0.39, 0.29) is 23.0 Å². The minimum atomic E-state index is -1.31. The van der Waals surface area contributed by atoms with Gasteiger partial charge in [-0.05, 0) is 25.8 Å². The summed E-state index contributed by atoms with van der Waals surface area (Å²) in [4.78, 5) is 26.1. The number of benzene rings is 1. The quantitative estimate of drug-likeness (QED) is 0.850. The lowest BCUT2D eigenvalue weighted by Gasteiger charge is -2.37. The zero-order chi connectivity index (χ0) is 19.3. The van der Waals surface area contributed by atoms with Crippen molar-refractivity contribution in [3.8, 4) is 5.75 Å². The zero-order valence-corrected chi connectivity index (χ0v) is 15.3. The molecule has 1 aliphatic carbocycles. The summed E-state index contributed by atoms with van der Waals surface area (Å²) >= 11 is 0. The lowest BCUT2D eigenvalue weighted by Crippen LogP contribution is -2.50. The average Bonchev–Trinajstić information content (AvgIpc) is 3.47. The van der Waals surface area contributed by atoms with Gasteiger partial charge < -0.3 is 24.6 Å². The fraction of sp³-hybridized carbons (Fsp3) is 0.474. The van der Waals surface area contributed by atoms with Crippen molar-refractivity contribution in [3.05, 3.63) is 33.9 Å². The van der Waals surface area contributed by atoms with Gasteiger partial charge in [0.15, 0.2) is 11.6 Å². The van der Waals surface area contributed by atoms with Crippen LogP contribution in [0.15, 0.2) is 17.1 Å². The Morgan fingerprint density at radius 2 is 2.15 bits per heavy atom. The van der Waals surface area contributed by atoms with Gasteiger partial charge in [-0.3, -0.25) is 4.79 Å². The van der Waals surface area contributed by atoms with Gasteiger partial charge >= 0.3 is 5.97 Å². The van der Waals surface area contributed by atoms with E-state index in [1.807, 2.05) is 11.8 Å². The number of carbonyl (C=O) groups is 1. The molecule has 1 aliphatic heterocycles. The molecule has 1 aromatic heterocycles. The Morgan fingerprint density at radius 1 is 1.41 bits per heavy atom. The van der Waals surface area contributed by atoms with Crippen LogP contribution in [0, 0.1) is 5.82 Å². The number of rotatable bonds is 4. The monoisotopic (exact) mass is 375 g/mol. The zero-order valence-electron chi connectivity index (χ0n) is 15.3. The number of aromatic nitrogens is 1. The maximum Gasteiger partial charge on any atom is 0.341 e. The first-order valence-electron chi connectivity index (χ1n) is 9.10. The first-order valence-corrected chi connectivity index (χ1v) is 9.10. The van der Waals surface area contributed by atoms with Crippen LogP contribution in [0.5, 0.6) is 5.75 Å². The molecule has 27 heavy (non-hydrogen) atoms. The van der Waals surface area contributed by atoms with Gasteiger partial charge in [0.25, 0.3) is 0 Å². The van der Waals surface area contributed by atoms with Crippen molar-refractivity contribution in [1.82, 2.24) is 9.88 Å². The number of aromatic carboxylic acids is 1. The molecule has 0 bridgehead atoms. The smallest absolute Gasteiger partial charge is 0.341 e. The number of fused-ring (bicyclic) bond motifs is 1.